The predicted molar refractivity (Wildman–Crippen MR) is 57.4 cm³/mol. The average molecular weight is 219 g/mol. The lowest BCUT2D eigenvalue weighted by atomic mass is 9.79. The zero-order valence-corrected chi connectivity index (χ0v) is 10.1. The minimum absolute atomic E-state index is 0.0670. The zero-order valence-electron chi connectivity index (χ0n) is 9.34. The molecule has 14 heavy (non-hydrogen) atoms. The fourth-order valence-corrected chi connectivity index (χ4v) is 2.11. The normalized spacial score (nSPS) is 31.7. The summed E-state index contributed by atoms with van der Waals surface area (Å²) < 4.78 is 5.27. The minimum Gasteiger partial charge on any atom is -0.461 e. The lowest BCUT2D eigenvalue weighted by Gasteiger charge is -2.39. The molecule has 0 spiro atoms. The summed E-state index contributed by atoms with van der Waals surface area (Å²) in [6.07, 6.45) is 1.16. The van der Waals surface area contributed by atoms with Crippen LogP contribution in [0.4, 0.5) is 0 Å². The summed E-state index contributed by atoms with van der Waals surface area (Å²) >= 11 is 6.31. The Balaban J connectivity index is 2.70. The Morgan fingerprint density at radius 2 is 2.14 bits per heavy atom. The van der Waals surface area contributed by atoms with Gasteiger partial charge in [-0.25, -0.2) is 0 Å². The number of carbonyl (C=O) groups is 1. The topological polar surface area (TPSA) is 26.3 Å². The summed E-state index contributed by atoms with van der Waals surface area (Å²) in [5.74, 6) is 0.389. The van der Waals surface area contributed by atoms with E-state index in [2.05, 4.69) is 13.8 Å². The molecule has 3 heteroatoms. The number of hydrogen-bond donors (Lipinski definition) is 0. The van der Waals surface area contributed by atoms with Crippen LogP contribution in [0.5, 0.6) is 0 Å². The standard InChI is InChI=1S/C11H19ClO2/c1-7(2)5-8-10(12)11(3,4)6-9(13)14-8/h7-8,10H,5-6H2,1-4H3. The Hall–Kier alpha value is -0.240. The van der Waals surface area contributed by atoms with Crippen molar-refractivity contribution in [1.82, 2.24) is 0 Å². The van der Waals surface area contributed by atoms with Crippen LogP contribution in [0.1, 0.15) is 40.5 Å². The van der Waals surface area contributed by atoms with Gasteiger partial charge in [-0.15, -0.1) is 11.6 Å². The van der Waals surface area contributed by atoms with Crippen LogP contribution in [0.3, 0.4) is 0 Å². The second-order valence-corrected chi connectivity index (χ2v) is 5.70. The number of carbonyl (C=O) groups excluding carboxylic acids is 1. The molecule has 1 saturated heterocycles. The Morgan fingerprint density at radius 3 is 2.64 bits per heavy atom. The molecule has 1 heterocycles. The molecule has 0 aliphatic carbocycles. The predicted octanol–water partition coefficient (Wildman–Crippen LogP) is 2.98. The molecule has 0 aromatic carbocycles. The largest absolute Gasteiger partial charge is 0.461 e. The van der Waals surface area contributed by atoms with Crippen molar-refractivity contribution in [2.75, 3.05) is 0 Å². The third-order valence-corrected chi connectivity index (χ3v) is 3.53. The number of esters is 1. The Morgan fingerprint density at radius 1 is 1.57 bits per heavy atom. The molecule has 1 aliphatic heterocycles. The van der Waals surface area contributed by atoms with E-state index in [1.165, 1.54) is 0 Å². The summed E-state index contributed by atoms with van der Waals surface area (Å²) in [5.41, 5.74) is -0.142. The molecule has 0 N–H and O–H groups in total. The van der Waals surface area contributed by atoms with E-state index < -0.39 is 0 Å². The molecule has 2 nitrogen and oxygen atoms in total. The highest BCUT2D eigenvalue weighted by molar-refractivity contribution is 6.21. The summed E-state index contributed by atoms with van der Waals surface area (Å²) in [5, 5.41) is -0.0670. The first-order valence-corrected chi connectivity index (χ1v) is 5.60. The van der Waals surface area contributed by atoms with E-state index in [0.717, 1.165) is 6.42 Å². The average Bonchev–Trinajstić information content (AvgIpc) is 1.97. The van der Waals surface area contributed by atoms with Gasteiger partial charge < -0.3 is 4.74 Å². The number of alkyl halides is 1. The molecule has 0 amide bonds. The molecular formula is C11H19ClO2. The molecule has 1 aliphatic rings. The van der Waals surface area contributed by atoms with Crippen molar-refractivity contribution >= 4 is 17.6 Å². The van der Waals surface area contributed by atoms with E-state index in [0.29, 0.717) is 12.3 Å². The van der Waals surface area contributed by atoms with Crippen molar-refractivity contribution in [3.8, 4) is 0 Å². The molecule has 1 rings (SSSR count). The number of halogens is 1. The monoisotopic (exact) mass is 218 g/mol. The zero-order chi connectivity index (χ0) is 10.9. The van der Waals surface area contributed by atoms with E-state index in [-0.39, 0.29) is 22.9 Å². The van der Waals surface area contributed by atoms with Gasteiger partial charge in [0.05, 0.1) is 11.8 Å². The molecular weight excluding hydrogens is 200 g/mol. The first-order chi connectivity index (χ1) is 6.33. The highest BCUT2D eigenvalue weighted by atomic mass is 35.5. The van der Waals surface area contributed by atoms with Crippen molar-refractivity contribution < 1.29 is 9.53 Å². The molecule has 1 fully saturated rings. The minimum atomic E-state index is -0.142. The Kier molecular flexibility index (Phi) is 3.46. The third kappa shape index (κ3) is 2.63. The Labute approximate surface area is 91.0 Å². The maximum Gasteiger partial charge on any atom is 0.306 e. The smallest absolute Gasteiger partial charge is 0.306 e. The van der Waals surface area contributed by atoms with Crippen molar-refractivity contribution in [3.63, 3.8) is 0 Å². The van der Waals surface area contributed by atoms with Gasteiger partial charge in [-0.2, -0.15) is 0 Å². The maximum atomic E-state index is 11.3. The quantitative estimate of drug-likeness (QED) is 0.526. The van der Waals surface area contributed by atoms with Crippen molar-refractivity contribution in [2.24, 2.45) is 11.3 Å². The fraction of sp³-hybridized carbons (Fsp3) is 0.909. The SMILES string of the molecule is CC(C)CC1OC(=O)CC(C)(C)C1Cl. The Bertz CT molecular complexity index is 223. The van der Waals surface area contributed by atoms with Gasteiger partial charge in [0.25, 0.3) is 0 Å². The molecule has 0 aromatic rings. The van der Waals surface area contributed by atoms with Crippen LogP contribution in [0, 0.1) is 11.3 Å². The van der Waals surface area contributed by atoms with Gasteiger partial charge in [-0.1, -0.05) is 27.7 Å². The van der Waals surface area contributed by atoms with Crippen LogP contribution in [-0.2, 0) is 9.53 Å². The molecule has 0 radical (unpaired) electrons. The third-order valence-electron chi connectivity index (χ3n) is 2.66. The van der Waals surface area contributed by atoms with Crippen molar-refractivity contribution in [2.45, 2.75) is 52.0 Å². The molecule has 0 bridgehead atoms. The molecule has 0 saturated carbocycles. The second kappa shape index (κ2) is 4.09. The van der Waals surface area contributed by atoms with Gasteiger partial charge in [0.15, 0.2) is 0 Å². The van der Waals surface area contributed by atoms with E-state index in [9.17, 15) is 4.79 Å². The van der Waals surface area contributed by atoms with Gasteiger partial charge in [0.1, 0.15) is 6.10 Å². The van der Waals surface area contributed by atoms with E-state index >= 15 is 0 Å². The summed E-state index contributed by atoms with van der Waals surface area (Å²) in [4.78, 5) is 11.3. The first kappa shape index (κ1) is 11.8. The van der Waals surface area contributed by atoms with Gasteiger partial charge in [-0.3, -0.25) is 4.79 Å². The van der Waals surface area contributed by atoms with Gasteiger partial charge in [-0.05, 0) is 17.8 Å². The van der Waals surface area contributed by atoms with Gasteiger partial charge in [0.2, 0.25) is 0 Å². The van der Waals surface area contributed by atoms with Gasteiger partial charge in [0, 0.05) is 0 Å². The van der Waals surface area contributed by atoms with Crippen molar-refractivity contribution in [1.29, 1.82) is 0 Å². The molecule has 2 unspecified atom stereocenters. The van der Waals surface area contributed by atoms with Crippen LogP contribution < -0.4 is 0 Å². The van der Waals surface area contributed by atoms with Crippen molar-refractivity contribution in [3.05, 3.63) is 0 Å². The van der Waals surface area contributed by atoms with E-state index in [1.807, 2.05) is 13.8 Å². The highest BCUT2D eigenvalue weighted by Gasteiger charge is 2.42. The van der Waals surface area contributed by atoms with E-state index in [4.69, 9.17) is 16.3 Å². The highest BCUT2D eigenvalue weighted by Crippen LogP contribution is 2.39. The van der Waals surface area contributed by atoms with Crippen LogP contribution in [0.25, 0.3) is 0 Å². The number of rotatable bonds is 2. The fourth-order valence-electron chi connectivity index (χ4n) is 1.88. The van der Waals surface area contributed by atoms with Crippen LogP contribution in [0.15, 0.2) is 0 Å². The first-order valence-electron chi connectivity index (χ1n) is 5.16. The molecule has 2 atom stereocenters. The van der Waals surface area contributed by atoms with Crippen LogP contribution in [-0.4, -0.2) is 17.5 Å². The summed E-state index contributed by atoms with van der Waals surface area (Å²) in [6, 6.07) is 0. The number of hydrogen-bond acceptors (Lipinski definition) is 2. The number of ether oxygens (including phenoxy) is 1. The molecule has 82 valence electrons. The van der Waals surface area contributed by atoms with Crippen LogP contribution in [0.2, 0.25) is 0 Å². The summed E-state index contributed by atoms with van der Waals surface area (Å²) in [6.45, 7) is 8.27. The number of cyclic esters (lactones) is 1. The lowest BCUT2D eigenvalue weighted by Crippen LogP contribution is -2.45. The van der Waals surface area contributed by atoms with Crippen LogP contribution >= 0.6 is 11.6 Å². The van der Waals surface area contributed by atoms with E-state index in [1.54, 1.807) is 0 Å². The lowest BCUT2D eigenvalue weighted by molar-refractivity contribution is -0.160. The second-order valence-electron chi connectivity index (χ2n) is 5.22. The maximum absolute atomic E-state index is 11.3. The molecule has 0 aromatic heterocycles. The summed E-state index contributed by atoms with van der Waals surface area (Å²) in [7, 11) is 0. The van der Waals surface area contributed by atoms with Gasteiger partial charge >= 0.3 is 5.97 Å².